The zero-order valence-corrected chi connectivity index (χ0v) is 19.4. The van der Waals surface area contributed by atoms with E-state index < -0.39 is 0 Å². The fraction of sp³-hybridized carbons (Fsp3) is 0.800. The third-order valence-electron chi connectivity index (χ3n) is 5.90. The quantitative estimate of drug-likeness (QED) is 0.341. The van der Waals surface area contributed by atoms with Gasteiger partial charge in [0, 0.05) is 30.7 Å². The van der Waals surface area contributed by atoms with Gasteiger partial charge in [-0.05, 0) is 39.0 Å². The van der Waals surface area contributed by atoms with Crippen molar-refractivity contribution < 1.29 is 9.26 Å². The van der Waals surface area contributed by atoms with Gasteiger partial charge in [-0.3, -0.25) is 0 Å². The van der Waals surface area contributed by atoms with Crippen LogP contribution in [0.4, 0.5) is 0 Å². The molecule has 154 valence electrons. The predicted molar refractivity (Wildman–Crippen MR) is 119 cm³/mol. The molecule has 2 aliphatic rings. The Balaban J connectivity index is 0.00000261. The van der Waals surface area contributed by atoms with Crippen LogP contribution in [0.5, 0.6) is 0 Å². The zero-order chi connectivity index (χ0) is 18.6. The maximum atomic E-state index is 6.02. The molecular formula is C20H35IN4O2. The summed E-state index contributed by atoms with van der Waals surface area (Å²) in [4.78, 5) is 4.72. The number of guanidine groups is 1. The van der Waals surface area contributed by atoms with Crippen LogP contribution in [0.25, 0.3) is 0 Å². The summed E-state index contributed by atoms with van der Waals surface area (Å²) in [6.45, 7) is 10.6. The number of aliphatic imine (C=N–C) groups is 1. The summed E-state index contributed by atoms with van der Waals surface area (Å²) in [5, 5.41) is 11.2. The number of halogens is 1. The van der Waals surface area contributed by atoms with Crippen molar-refractivity contribution in [2.45, 2.75) is 84.4 Å². The van der Waals surface area contributed by atoms with Crippen molar-refractivity contribution in [3.63, 3.8) is 0 Å². The number of aromatic nitrogens is 1. The van der Waals surface area contributed by atoms with E-state index in [0.717, 1.165) is 37.0 Å². The average Bonchev–Trinajstić information content (AvgIpc) is 3.29. The lowest BCUT2D eigenvalue weighted by Gasteiger charge is -2.54. The molecule has 0 amide bonds. The van der Waals surface area contributed by atoms with Gasteiger partial charge >= 0.3 is 0 Å². The molecule has 2 N–H and O–H groups in total. The molecule has 1 aromatic heterocycles. The van der Waals surface area contributed by atoms with E-state index in [1.165, 1.54) is 25.7 Å². The van der Waals surface area contributed by atoms with Crippen LogP contribution in [-0.4, -0.2) is 36.4 Å². The van der Waals surface area contributed by atoms with Crippen molar-refractivity contribution in [2.75, 3.05) is 13.2 Å². The maximum Gasteiger partial charge on any atom is 0.191 e. The fourth-order valence-electron chi connectivity index (χ4n) is 4.41. The first-order valence-electron chi connectivity index (χ1n) is 10.2. The third-order valence-corrected chi connectivity index (χ3v) is 5.90. The van der Waals surface area contributed by atoms with Gasteiger partial charge in [-0.1, -0.05) is 31.8 Å². The standard InChI is InChI=1S/C20H34N4O2.HI/c1-5-21-19(22-13-15-11-16(14(3)4)24-26-15)23-17-12-18(25-6-2)20(17)9-7-8-10-20;/h11,14,17-18H,5-10,12-13H2,1-4H3,(H2,21,22,23);1H. The Bertz CT molecular complexity index is 611. The number of nitrogens with zero attached hydrogens (tertiary/aromatic N) is 2. The van der Waals surface area contributed by atoms with E-state index in [0.29, 0.717) is 30.0 Å². The highest BCUT2D eigenvalue weighted by atomic mass is 127. The molecule has 0 aromatic carbocycles. The van der Waals surface area contributed by atoms with Gasteiger partial charge in [0.05, 0.1) is 11.8 Å². The molecule has 1 heterocycles. The van der Waals surface area contributed by atoms with Crippen LogP contribution in [0.3, 0.4) is 0 Å². The van der Waals surface area contributed by atoms with Crippen LogP contribution >= 0.6 is 24.0 Å². The minimum Gasteiger partial charge on any atom is -0.378 e. The summed E-state index contributed by atoms with van der Waals surface area (Å²) in [5.41, 5.74) is 1.28. The Morgan fingerprint density at radius 3 is 2.70 bits per heavy atom. The van der Waals surface area contributed by atoms with Gasteiger partial charge in [-0.2, -0.15) is 0 Å². The molecule has 1 aromatic rings. The maximum absolute atomic E-state index is 6.02. The van der Waals surface area contributed by atoms with Gasteiger partial charge < -0.3 is 19.9 Å². The molecule has 0 radical (unpaired) electrons. The molecule has 0 saturated heterocycles. The van der Waals surface area contributed by atoms with E-state index in [1.54, 1.807) is 0 Å². The van der Waals surface area contributed by atoms with Gasteiger partial charge in [-0.25, -0.2) is 4.99 Å². The monoisotopic (exact) mass is 490 g/mol. The van der Waals surface area contributed by atoms with Crippen LogP contribution in [0, 0.1) is 5.41 Å². The van der Waals surface area contributed by atoms with E-state index >= 15 is 0 Å². The Morgan fingerprint density at radius 1 is 1.37 bits per heavy atom. The number of rotatable bonds is 7. The topological polar surface area (TPSA) is 71.7 Å². The lowest BCUT2D eigenvalue weighted by Crippen LogP contribution is -2.65. The molecule has 6 nitrogen and oxygen atoms in total. The predicted octanol–water partition coefficient (Wildman–Crippen LogP) is 4.21. The van der Waals surface area contributed by atoms with Gasteiger partial charge in [0.25, 0.3) is 0 Å². The van der Waals surface area contributed by atoms with Crippen LogP contribution in [-0.2, 0) is 11.3 Å². The van der Waals surface area contributed by atoms with Crippen molar-refractivity contribution in [1.82, 2.24) is 15.8 Å². The minimum atomic E-state index is 0. The Kier molecular flexibility index (Phi) is 8.39. The molecule has 2 fully saturated rings. The summed E-state index contributed by atoms with van der Waals surface area (Å²) >= 11 is 0. The molecule has 27 heavy (non-hydrogen) atoms. The first kappa shape index (κ1) is 22.5. The lowest BCUT2D eigenvalue weighted by atomic mass is 9.60. The molecule has 0 aliphatic heterocycles. The Morgan fingerprint density at radius 2 is 2.11 bits per heavy atom. The summed E-state index contributed by atoms with van der Waals surface area (Å²) in [7, 11) is 0. The third kappa shape index (κ3) is 4.96. The number of hydrogen-bond acceptors (Lipinski definition) is 4. The van der Waals surface area contributed by atoms with Crippen molar-refractivity contribution in [2.24, 2.45) is 10.4 Å². The minimum absolute atomic E-state index is 0. The highest BCUT2D eigenvalue weighted by Gasteiger charge is 2.56. The second-order valence-electron chi connectivity index (χ2n) is 7.88. The van der Waals surface area contributed by atoms with Crippen molar-refractivity contribution in [3.8, 4) is 0 Å². The summed E-state index contributed by atoms with van der Waals surface area (Å²) in [5.74, 6) is 2.04. The molecule has 3 rings (SSSR count). The largest absolute Gasteiger partial charge is 0.378 e. The van der Waals surface area contributed by atoms with Crippen molar-refractivity contribution >= 4 is 29.9 Å². The smallest absolute Gasteiger partial charge is 0.191 e. The number of nitrogens with one attached hydrogen (secondary N) is 2. The van der Waals surface area contributed by atoms with E-state index in [2.05, 4.69) is 43.5 Å². The van der Waals surface area contributed by atoms with Gasteiger partial charge in [0.2, 0.25) is 0 Å². The summed E-state index contributed by atoms with van der Waals surface area (Å²) in [6.07, 6.45) is 6.61. The van der Waals surface area contributed by atoms with Crippen LogP contribution < -0.4 is 10.6 Å². The van der Waals surface area contributed by atoms with Gasteiger partial charge in [0.15, 0.2) is 11.7 Å². The SMILES string of the molecule is CCNC(=NCc1cc(C(C)C)no1)NC1CC(OCC)C12CCCC2.I. The molecular weight excluding hydrogens is 455 g/mol. The molecule has 2 aliphatic carbocycles. The van der Waals surface area contributed by atoms with E-state index in [9.17, 15) is 0 Å². The first-order valence-corrected chi connectivity index (χ1v) is 10.2. The van der Waals surface area contributed by atoms with E-state index in [-0.39, 0.29) is 24.0 Å². The summed E-state index contributed by atoms with van der Waals surface area (Å²) in [6, 6.07) is 2.45. The second-order valence-corrected chi connectivity index (χ2v) is 7.88. The lowest BCUT2D eigenvalue weighted by molar-refractivity contribution is -0.125. The zero-order valence-electron chi connectivity index (χ0n) is 17.1. The molecule has 7 heteroatoms. The van der Waals surface area contributed by atoms with Crippen LogP contribution in [0.2, 0.25) is 0 Å². The molecule has 1 spiro atoms. The van der Waals surface area contributed by atoms with E-state index in [1.807, 2.05) is 6.07 Å². The molecule has 2 saturated carbocycles. The van der Waals surface area contributed by atoms with Gasteiger partial charge in [0.1, 0.15) is 6.54 Å². The fourth-order valence-corrected chi connectivity index (χ4v) is 4.41. The highest BCUT2D eigenvalue weighted by molar-refractivity contribution is 14.0. The second kappa shape index (κ2) is 10.1. The van der Waals surface area contributed by atoms with Gasteiger partial charge in [-0.15, -0.1) is 24.0 Å². The highest BCUT2D eigenvalue weighted by Crippen LogP contribution is 2.54. The Labute approximate surface area is 180 Å². The van der Waals surface area contributed by atoms with Crippen LogP contribution in [0.1, 0.15) is 77.2 Å². The number of ether oxygens (including phenoxy) is 1. The van der Waals surface area contributed by atoms with Crippen molar-refractivity contribution in [1.29, 1.82) is 0 Å². The van der Waals surface area contributed by atoms with Crippen LogP contribution in [0.15, 0.2) is 15.6 Å². The normalized spacial score (nSPS) is 24.0. The van der Waals surface area contributed by atoms with E-state index in [4.69, 9.17) is 14.3 Å². The van der Waals surface area contributed by atoms with Crippen molar-refractivity contribution in [3.05, 3.63) is 17.5 Å². The first-order chi connectivity index (χ1) is 12.6. The number of hydrogen-bond donors (Lipinski definition) is 2. The molecule has 0 bridgehead atoms. The summed E-state index contributed by atoms with van der Waals surface area (Å²) < 4.78 is 11.4. The molecule has 2 unspecified atom stereocenters. The molecule has 2 atom stereocenters. The Hall–Kier alpha value is -0.830. The average molecular weight is 490 g/mol.